The van der Waals surface area contributed by atoms with Gasteiger partial charge in [-0.2, -0.15) is 27.6 Å². The van der Waals surface area contributed by atoms with Gasteiger partial charge >= 0.3 is 0 Å². The van der Waals surface area contributed by atoms with Gasteiger partial charge in [-0.1, -0.05) is 0 Å². The van der Waals surface area contributed by atoms with Crippen molar-refractivity contribution >= 4 is 10.2 Å². The van der Waals surface area contributed by atoms with Crippen molar-refractivity contribution in [3.05, 3.63) is 24.0 Å². The monoisotopic (exact) mass is 286 g/mol. The molecule has 0 radical (unpaired) electrons. The van der Waals surface area contributed by atoms with E-state index in [-0.39, 0.29) is 19.1 Å². The highest BCUT2D eigenvalue weighted by Crippen LogP contribution is 2.17. The second kappa shape index (κ2) is 6.38. The third kappa shape index (κ3) is 3.93. The number of nitrogens with zero attached hydrogens (tertiary/aromatic N) is 3. The van der Waals surface area contributed by atoms with E-state index >= 15 is 0 Å². The molecule has 0 amide bonds. The summed E-state index contributed by atoms with van der Waals surface area (Å²) in [5, 5.41) is 16.6. The van der Waals surface area contributed by atoms with Crippen molar-refractivity contribution in [2.24, 2.45) is 5.92 Å². The highest BCUT2D eigenvalue weighted by atomic mass is 32.2. The summed E-state index contributed by atoms with van der Waals surface area (Å²) >= 11 is 0. The molecule has 0 bridgehead atoms. The van der Waals surface area contributed by atoms with E-state index in [2.05, 4.69) is 14.9 Å². The number of aromatic nitrogens is 2. The highest BCUT2D eigenvalue weighted by molar-refractivity contribution is 7.87. The molecule has 1 saturated heterocycles. The van der Waals surface area contributed by atoms with Crippen molar-refractivity contribution in [3.8, 4) is 0 Å². The second-order valence-electron chi connectivity index (χ2n) is 4.59. The molecule has 8 heteroatoms. The number of hydrogen-bond acceptors (Lipinski definition) is 5. The summed E-state index contributed by atoms with van der Waals surface area (Å²) in [6.07, 6.45) is 3.18. The van der Waals surface area contributed by atoms with Gasteiger partial charge in [0.25, 0.3) is 10.2 Å². The number of aliphatic hydroxyl groups is 1. The van der Waals surface area contributed by atoms with Gasteiger partial charge in [-0.25, -0.2) is 0 Å². The van der Waals surface area contributed by atoms with E-state index < -0.39 is 10.2 Å². The molecule has 0 saturated carbocycles. The van der Waals surface area contributed by atoms with Gasteiger partial charge in [0.2, 0.25) is 0 Å². The molecule has 1 unspecified atom stereocenters. The number of piperidine rings is 1. The largest absolute Gasteiger partial charge is 0.396 e. The Morgan fingerprint density at radius 3 is 3.05 bits per heavy atom. The molecule has 0 spiro atoms. The average Bonchev–Trinajstić information content (AvgIpc) is 2.46. The van der Waals surface area contributed by atoms with Crippen LogP contribution in [0.15, 0.2) is 18.3 Å². The molecule has 1 aliphatic heterocycles. The van der Waals surface area contributed by atoms with Gasteiger partial charge in [-0.3, -0.25) is 0 Å². The molecule has 106 valence electrons. The van der Waals surface area contributed by atoms with E-state index in [4.69, 9.17) is 5.11 Å². The number of hydrogen-bond donors (Lipinski definition) is 2. The van der Waals surface area contributed by atoms with Crippen LogP contribution in [0.25, 0.3) is 0 Å². The third-order valence-corrected chi connectivity index (χ3v) is 4.66. The summed E-state index contributed by atoms with van der Waals surface area (Å²) in [6.45, 7) is 1.01. The zero-order chi connectivity index (χ0) is 13.7. The summed E-state index contributed by atoms with van der Waals surface area (Å²) in [6, 6.07) is 3.42. The molecule has 2 N–H and O–H groups in total. The van der Waals surface area contributed by atoms with E-state index in [9.17, 15) is 8.42 Å². The number of rotatable bonds is 5. The second-order valence-corrected chi connectivity index (χ2v) is 6.35. The van der Waals surface area contributed by atoms with Gasteiger partial charge in [-0.15, -0.1) is 0 Å². The first kappa shape index (κ1) is 14.3. The Hall–Kier alpha value is -1.09. The Morgan fingerprint density at radius 2 is 2.37 bits per heavy atom. The Morgan fingerprint density at radius 1 is 1.53 bits per heavy atom. The van der Waals surface area contributed by atoms with Crippen LogP contribution >= 0.6 is 0 Å². The van der Waals surface area contributed by atoms with Crippen molar-refractivity contribution in [2.45, 2.75) is 19.4 Å². The maximum atomic E-state index is 12.1. The van der Waals surface area contributed by atoms with Crippen molar-refractivity contribution in [2.75, 3.05) is 19.7 Å². The Bertz CT molecular complexity index is 494. The molecule has 19 heavy (non-hydrogen) atoms. The predicted octanol–water partition coefficient (Wildman–Crippen LogP) is -0.485. The first-order chi connectivity index (χ1) is 9.12. The summed E-state index contributed by atoms with van der Waals surface area (Å²) < 4.78 is 28.1. The van der Waals surface area contributed by atoms with E-state index in [0.717, 1.165) is 12.8 Å². The number of nitrogens with one attached hydrogen (secondary N) is 1. The van der Waals surface area contributed by atoms with E-state index in [1.54, 1.807) is 12.1 Å². The van der Waals surface area contributed by atoms with Gasteiger partial charge in [0.1, 0.15) is 0 Å². The maximum Gasteiger partial charge on any atom is 0.279 e. The SMILES string of the molecule is O=S(=O)(NCc1cccnn1)N1CCCC(CO)C1. The van der Waals surface area contributed by atoms with E-state index in [1.807, 2.05) is 0 Å². The van der Waals surface area contributed by atoms with Crippen LogP contribution in [0.1, 0.15) is 18.5 Å². The molecule has 1 atom stereocenters. The molecule has 2 rings (SSSR count). The van der Waals surface area contributed by atoms with Crippen molar-refractivity contribution in [1.82, 2.24) is 19.2 Å². The van der Waals surface area contributed by atoms with E-state index in [0.29, 0.717) is 18.8 Å². The van der Waals surface area contributed by atoms with Crippen LogP contribution in [0.5, 0.6) is 0 Å². The summed E-state index contributed by atoms with van der Waals surface area (Å²) in [4.78, 5) is 0. The average molecular weight is 286 g/mol. The molecule has 1 aromatic heterocycles. The van der Waals surface area contributed by atoms with Gasteiger partial charge < -0.3 is 5.11 Å². The first-order valence-corrected chi connectivity index (χ1v) is 7.68. The van der Waals surface area contributed by atoms with Gasteiger partial charge in [0.15, 0.2) is 0 Å². The van der Waals surface area contributed by atoms with Crippen LogP contribution in [0, 0.1) is 5.92 Å². The summed E-state index contributed by atoms with van der Waals surface area (Å²) in [7, 11) is -3.52. The molecular formula is C11H18N4O3S. The Balaban J connectivity index is 1.94. The van der Waals surface area contributed by atoms with Gasteiger partial charge in [0.05, 0.1) is 12.2 Å². The zero-order valence-corrected chi connectivity index (χ0v) is 11.4. The van der Waals surface area contributed by atoms with Crippen molar-refractivity contribution < 1.29 is 13.5 Å². The van der Waals surface area contributed by atoms with Crippen LogP contribution < -0.4 is 4.72 Å². The standard InChI is InChI=1S/C11H18N4O3S/c16-9-10-3-2-6-15(8-10)19(17,18)13-7-11-4-1-5-12-14-11/h1,4-5,10,13,16H,2-3,6-9H2. The molecule has 1 aromatic rings. The molecule has 0 aliphatic carbocycles. The summed E-state index contributed by atoms with van der Waals surface area (Å²) in [5.41, 5.74) is 0.571. The lowest BCUT2D eigenvalue weighted by Gasteiger charge is -2.30. The van der Waals surface area contributed by atoms with Gasteiger partial charge in [0, 0.05) is 25.9 Å². The molecule has 7 nitrogen and oxygen atoms in total. The van der Waals surface area contributed by atoms with Crippen LogP contribution in [-0.4, -0.2) is 47.7 Å². The zero-order valence-electron chi connectivity index (χ0n) is 10.6. The minimum Gasteiger partial charge on any atom is -0.396 e. The van der Waals surface area contributed by atoms with E-state index in [1.165, 1.54) is 10.5 Å². The normalized spacial score (nSPS) is 21.4. The predicted molar refractivity (Wildman–Crippen MR) is 69.2 cm³/mol. The van der Waals surface area contributed by atoms with Gasteiger partial charge in [-0.05, 0) is 30.9 Å². The fourth-order valence-corrected chi connectivity index (χ4v) is 3.37. The van der Waals surface area contributed by atoms with Crippen LogP contribution in [0.4, 0.5) is 0 Å². The van der Waals surface area contributed by atoms with Crippen LogP contribution in [0.3, 0.4) is 0 Å². The lowest BCUT2D eigenvalue weighted by Crippen LogP contribution is -2.46. The molecule has 2 heterocycles. The molecule has 0 aromatic carbocycles. The smallest absolute Gasteiger partial charge is 0.279 e. The Kier molecular flexibility index (Phi) is 4.81. The van der Waals surface area contributed by atoms with Crippen LogP contribution in [-0.2, 0) is 16.8 Å². The minimum atomic E-state index is -3.52. The van der Waals surface area contributed by atoms with Crippen molar-refractivity contribution in [1.29, 1.82) is 0 Å². The minimum absolute atomic E-state index is 0.0240. The fraction of sp³-hybridized carbons (Fsp3) is 0.636. The fourth-order valence-electron chi connectivity index (χ4n) is 2.08. The molecular weight excluding hydrogens is 268 g/mol. The lowest BCUT2D eigenvalue weighted by molar-refractivity contribution is 0.164. The molecule has 1 aliphatic rings. The highest BCUT2D eigenvalue weighted by Gasteiger charge is 2.28. The third-order valence-electron chi connectivity index (χ3n) is 3.14. The van der Waals surface area contributed by atoms with Crippen LogP contribution in [0.2, 0.25) is 0 Å². The first-order valence-electron chi connectivity index (χ1n) is 6.24. The number of aliphatic hydroxyl groups excluding tert-OH is 1. The maximum absolute atomic E-state index is 12.1. The summed E-state index contributed by atoms with van der Waals surface area (Å²) in [5.74, 6) is 0.0295. The lowest BCUT2D eigenvalue weighted by atomic mass is 10.0. The molecule has 1 fully saturated rings. The van der Waals surface area contributed by atoms with Crippen molar-refractivity contribution in [3.63, 3.8) is 0 Å². The quantitative estimate of drug-likeness (QED) is 0.762. The Labute approximate surface area is 112 Å². The topological polar surface area (TPSA) is 95.4 Å².